The Morgan fingerprint density at radius 3 is 2.60 bits per heavy atom. The summed E-state index contributed by atoms with van der Waals surface area (Å²) >= 11 is 0. The number of aliphatic hydroxyl groups is 1. The van der Waals surface area contributed by atoms with Gasteiger partial charge in [-0.1, -0.05) is 6.07 Å². The Labute approximate surface area is 169 Å². The Morgan fingerprint density at radius 1 is 1.10 bits per heavy atom. The lowest BCUT2D eigenvalue weighted by Gasteiger charge is -2.26. The van der Waals surface area contributed by atoms with Crippen molar-refractivity contribution in [1.29, 1.82) is 0 Å². The first-order valence-corrected chi connectivity index (χ1v) is 9.58. The largest absolute Gasteiger partial charge is 0.416 e. The number of rotatable bonds is 4. The van der Waals surface area contributed by atoms with Gasteiger partial charge in [0.2, 0.25) is 5.95 Å². The highest BCUT2D eigenvalue weighted by atomic mass is 19.4. The van der Waals surface area contributed by atoms with E-state index in [2.05, 4.69) is 25.6 Å². The van der Waals surface area contributed by atoms with Crippen LogP contribution in [0, 0.1) is 0 Å². The molecule has 4 rings (SSSR count). The fourth-order valence-electron chi connectivity index (χ4n) is 3.56. The van der Waals surface area contributed by atoms with Gasteiger partial charge in [-0.15, -0.1) is 0 Å². The number of halogens is 3. The second-order valence-corrected chi connectivity index (χ2v) is 7.32. The summed E-state index contributed by atoms with van der Waals surface area (Å²) in [5.41, 5.74) is -0.741. The van der Waals surface area contributed by atoms with Crippen LogP contribution in [0.3, 0.4) is 0 Å². The molecule has 1 aromatic carbocycles. The summed E-state index contributed by atoms with van der Waals surface area (Å²) in [5, 5.41) is 15.9. The molecule has 0 unspecified atom stereocenters. The van der Waals surface area contributed by atoms with E-state index in [1.807, 2.05) is 0 Å². The predicted octanol–water partition coefficient (Wildman–Crippen LogP) is 3.80. The molecule has 1 saturated carbocycles. The smallest absolute Gasteiger partial charge is 0.393 e. The van der Waals surface area contributed by atoms with Gasteiger partial charge in [0.15, 0.2) is 0 Å². The number of hydrogen-bond donors (Lipinski definition) is 4. The molecular weight excluding hydrogens is 399 g/mol. The topological polar surface area (TPSA) is 103 Å². The van der Waals surface area contributed by atoms with Gasteiger partial charge in [0.1, 0.15) is 11.2 Å². The predicted molar refractivity (Wildman–Crippen MR) is 107 cm³/mol. The van der Waals surface area contributed by atoms with Crippen LogP contribution in [0.1, 0.15) is 31.2 Å². The number of alkyl halides is 3. The van der Waals surface area contributed by atoms with Crippen LogP contribution >= 0.6 is 0 Å². The molecule has 1 aliphatic rings. The first kappa shape index (κ1) is 20.1. The maximum absolute atomic E-state index is 13.0. The lowest BCUT2D eigenvalue weighted by Crippen LogP contribution is -2.29. The van der Waals surface area contributed by atoms with Gasteiger partial charge in [-0.2, -0.15) is 18.2 Å². The van der Waals surface area contributed by atoms with Crippen LogP contribution in [-0.4, -0.2) is 32.2 Å². The van der Waals surface area contributed by atoms with Crippen molar-refractivity contribution in [2.45, 2.75) is 44.0 Å². The van der Waals surface area contributed by atoms with Gasteiger partial charge >= 0.3 is 6.18 Å². The fourth-order valence-corrected chi connectivity index (χ4v) is 3.56. The maximum Gasteiger partial charge on any atom is 0.416 e. The lowest BCUT2D eigenvalue weighted by atomic mass is 9.93. The average molecular weight is 419 g/mol. The zero-order valence-electron chi connectivity index (χ0n) is 15.8. The number of aliphatic hydroxyl groups excluding tert-OH is 1. The summed E-state index contributed by atoms with van der Waals surface area (Å²) < 4.78 is 39.1. The highest BCUT2D eigenvalue weighted by Crippen LogP contribution is 2.32. The van der Waals surface area contributed by atoms with Crippen molar-refractivity contribution in [2.24, 2.45) is 0 Å². The van der Waals surface area contributed by atoms with Crippen molar-refractivity contribution in [1.82, 2.24) is 15.0 Å². The number of pyridine rings is 1. The summed E-state index contributed by atoms with van der Waals surface area (Å²) in [6.07, 6.45) is -0.520. The highest BCUT2D eigenvalue weighted by Gasteiger charge is 2.30. The monoisotopic (exact) mass is 419 g/mol. The van der Waals surface area contributed by atoms with Gasteiger partial charge in [0, 0.05) is 17.9 Å². The van der Waals surface area contributed by atoms with Gasteiger partial charge in [-0.25, -0.2) is 4.98 Å². The van der Waals surface area contributed by atoms with Crippen LogP contribution in [0.2, 0.25) is 0 Å². The molecule has 0 bridgehead atoms. The minimum atomic E-state index is -4.48. The van der Waals surface area contributed by atoms with Gasteiger partial charge in [-0.05, 0) is 49.9 Å². The van der Waals surface area contributed by atoms with Crippen molar-refractivity contribution in [2.75, 3.05) is 10.6 Å². The fraction of sp³-hybridized carbons (Fsp3) is 0.350. The molecule has 3 aromatic rings. The number of anilines is 3. The molecule has 158 valence electrons. The molecule has 0 atom stereocenters. The molecule has 0 amide bonds. The van der Waals surface area contributed by atoms with Crippen molar-refractivity contribution in [3.63, 3.8) is 0 Å². The molecule has 1 aliphatic carbocycles. The van der Waals surface area contributed by atoms with Crippen LogP contribution in [0.5, 0.6) is 0 Å². The number of aromatic amines is 1. The Kier molecular flexibility index (Phi) is 5.33. The van der Waals surface area contributed by atoms with Crippen LogP contribution < -0.4 is 16.2 Å². The third-order valence-electron chi connectivity index (χ3n) is 5.10. The van der Waals surface area contributed by atoms with Gasteiger partial charge in [-0.3, -0.25) is 4.79 Å². The van der Waals surface area contributed by atoms with Crippen molar-refractivity contribution in [3.8, 4) is 0 Å². The van der Waals surface area contributed by atoms with E-state index in [0.29, 0.717) is 18.4 Å². The molecule has 7 nitrogen and oxygen atoms in total. The van der Waals surface area contributed by atoms with Crippen molar-refractivity contribution in [3.05, 3.63) is 52.4 Å². The molecule has 4 N–H and O–H groups in total. The zero-order valence-corrected chi connectivity index (χ0v) is 15.8. The standard InChI is InChI=1S/C20H20F3N5O2/c21-20(22,23)11-2-1-3-13(10-11)25-17-16-15(8-9-24-18(16)30)27-19(28-17)26-12-4-6-14(29)7-5-12/h1-3,8-10,12,14,29H,4-7H2,(H,24,30)(H2,25,26,27,28)/t12-,14-. The van der Waals surface area contributed by atoms with Crippen LogP contribution in [0.15, 0.2) is 41.3 Å². The molecular formula is C20H20F3N5O2. The van der Waals surface area contributed by atoms with Crippen molar-refractivity contribution >= 4 is 28.4 Å². The summed E-state index contributed by atoms with van der Waals surface area (Å²) in [5.74, 6) is 0.378. The molecule has 0 aliphatic heterocycles. The average Bonchev–Trinajstić information content (AvgIpc) is 2.69. The molecule has 30 heavy (non-hydrogen) atoms. The quantitative estimate of drug-likeness (QED) is 0.513. The Balaban J connectivity index is 1.70. The van der Waals surface area contributed by atoms with Gasteiger partial charge in [0.25, 0.3) is 5.56 Å². The third kappa shape index (κ3) is 4.38. The normalized spacial score (nSPS) is 19.6. The van der Waals surface area contributed by atoms with E-state index < -0.39 is 17.3 Å². The highest BCUT2D eigenvalue weighted by molar-refractivity contribution is 5.90. The van der Waals surface area contributed by atoms with Crippen LogP contribution in [0.4, 0.5) is 30.6 Å². The van der Waals surface area contributed by atoms with E-state index in [1.54, 1.807) is 6.07 Å². The maximum atomic E-state index is 13.0. The van der Waals surface area contributed by atoms with E-state index in [-0.39, 0.29) is 35.0 Å². The van der Waals surface area contributed by atoms with E-state index >= 15 is 0 Å². The number of hydrogen-bond acceptors (Lipinski definition) is 6. The van der Waals surface area contributed by atoms with Gasteiger partial charge < -0.3 is 20.7 Å². The first-order chi connectivity index (χ1) is 14.3. The Hall–Kier alpha value is -3.14. The Bertz CT molecular complexity index is 1110. The van der Waals surface area contributed by atoms with E-state index in [1.165, 1.54) is 18.3 Å². The number of nitrogens with one attached hydrogen (secondary N) is 3. The van der Waals surface area contributed by atoms with E-state index in [9.17, 15) is 23.1 Å². The first-order valence-electron chi connectivity index (χ1n) is 9.58. The van der Waals surface area contributed by atoms with Crippen LogP contribution in [0.25, 0.3) is 10.9 Å². The second kappa shape index (κ2) is 7.94. The minimum absolute atomic E-state index is 0.0641. The van der Waals surface area contributed by atoms with Gasteiger partial charge in [0.05, 0.1) is 17.2 Å². The molecule has 2 aromatic heterocycles. The molecule has 2 heterocycles. The third-order valence-corrected chi connectivity index (χ3v) is 5.10. The molecule has 0 spiro atoms. The summed E-state index contributed by atoms with van der Waals surface area (Å²) in [6, 6.07) is 6.35. The SMILES string of the molecule is O=c1[nH]ccc2nc(N[C@H]3CC[C@H](O)CC3)nc(Nc3cccc(C(F)(F)F)c3)c12. The van der Waals surface area contributed by atoms with Crippen LogP contribution in [-0.2, 0) is 6.18 Å². The number of benzene rings is 1. The zero-order chi connectivity index (χ0) is 21.3. The second-order valence-electron chi connectivity index (χ2n) is 7.32. The van der Waals surface area contributed by atoms with Crippen molar-refractivity contribution < 1.29 is 18.3 Å². The molecule has 10 heteroatoms. The molecule has 0 saturated heterocycles. The summed E-state index contributed by atoms with van der Waals surface area (Å²) in [6.45, 7) is 0. The number of aromatic nitrogens is 3. The molecule has 1 fully saturated rings. The summed E-state index contributed by atoms with van der Waals surface area (Å²) in [4.78, 5) is 23.6. The number of H-pyrrole nitrogens is 1. The molecule has 0 radical (unpaired) electrons. The number of fused-ring (bicyclic) bond motifs is 1. The Morgan fingerprint density at radius 2 is 1.87 bits per heavy atom. The summed E-state index contributed by atoms with van der Waals surface area (Å²) in [7, 11) is 0. The van der Waals surface area contributed by atoms with E-state index in [0.717, 1.165) is 25.0 Å². The van der Waals surface area contributed by atoms with E-state index in [4.69, 9.17) is 0 Å². The lowest BCUT2D eigenvalue weighted by molar-refractivity contribution is -0.137. The minimum Gasteiger partial charge on any atom is -0.393 e. The number of nitrogens with zero attached hydrogens (tertiary/aromatic N) is 2.